The maximum absolute atomic E-state index is 15.3. The average Bonchev–Trinajstić information content (AvgIpc) is 2.78. The number of anilines is 3. The Morgan fingerprint density at radius 2 is 1.97 bits per heavy atom. The first-order valence-electron chi connectivity index (χ1n) is 12.3. The molecule has 2 aliphatic rings. The predicted molar refractivity (Wildman–Crippen MR) is 141 cm³/mol. The van der Waals surface area contributed by atoms with E-state index in [1.807, 2.05) is 21.0 Å². The van der Waals surface area contributed by atoms with Crippen molar-refractivity contribution in [1.29, 1.82) is 0 Å². The molecule has 0 unspecified atom stereocenters. The minimum absolute atomic E-state index is 0.0615. The van der Waals surface area contributed by atoms with Crippen LogP contribution < -0.4 is 20.3 Å². The number of ether oxygens (including phenoxy) is 1. The van der Waals surface area contributed by atoms with Crippen LogP contribution >= 0.6 is 0 Å². The molecule has 1 spiro atoms. The lowest BCUT2D eigenvalue weighted by Gasteiger charge is -2.57. The van der Waals surface area contributed by atoms with Gasteiger partial charge in [-0.15, -0.1) is 0 Å². The number of likely N-dealkylation sites (N-methyl/N-ethyl adjacent to an activating group) is 1. The molecule has 0 radical (unpaired) electrons. The van der Waals surface area contributed by atoms with Crippen LogP contribution in [0.1, 0.15) is 6.92 Å². The summed E-state index contributed by atoms with van der Waals surface area (Å²) in [5.74, 6) is 0.826. The zero-order chi connectivity index (χ0) is 24.9. The van der Waals surface area contributed by atoms with Gasteiger partial charge in [-0.3, -0.25) is 4.98 Å². The normalized spacial score (nSPS) is 17.3. The molecule has 2 N–H and O–H groups in total. The molecular formula is C27H30FN7O. The molecule has 2 aliphatic heterocycles. The number of benzene rings is 2. The molecule has 0 aliphatic carbocycles. The summed E-state index contributed by atoms with van der Waals surface area (Å²) < 4.78 is 21.8. The maximum atomic E-state index is 15.3. The van der Waals surface area contributed by atoms with E-state index in [0.29, 0.717) is 33.6 Å². The van der Waals surface area contributed by atoms with Gasteiger partial charge in [-0.25, -0.2) is 14.4 Å². The van der Waals surface area contributed by atoms with E-state index < -0.39 is 0 Å². The van der Waals surface area contributed by atoms with Crippen LogP contribution in [0.5, 0.6) is 5.75 Å². The molecular weight excluding hydrogens is 457 g/mol. The molecule has 0 amide bonds. The Labute approximate surface area is 209 Å². The first kappa shape index (κ1) is 22.9. The Morgan fingerprint density at radius 1 is 1.14 bits per heavy atom. The quantitative estimate of drug-likeness (QED) is 0.408. The number of hydrogen-bond donors (Lipinski definition) is 2. The lowest BCUT2D eigenvalue weighted by molar-refractivity contribution is 0.121. The molecule has 4 aromatic rings. The second-order valence-corrected chi connectivity index (χ2v) is 10.3. The van der Waals surface area contributed by atoms with E-state index in [2.05, 4.69) is 47.5 Å². The van der Waals surface area contributed by atoms with Gasteiger partial charge in [-0.2, -0.15) is 0 Å². The number of hydrogen-bond acceptors (Lipinski definition) is 8. The highest BCUT2D eigenvalue weighted by atomic mass is 19.1. The zero-order valence-corrected chi connectivity index (χ0v) is 20.8. The van der Waals surface area contributed by atoms with Gasteiger partial charge in [0.1, 0.15) is 24.0 Å². The van der Waals surface area contributed by atoms with Gasteiger partial charge in [-0.05, 0) is 51.4 Å². The van der Waals surface area contributed by atoms with Crippen molar-refractivity contribution in [2.45, 2.75) is 13.0 Å². The van der Waals surface area contributed by atoms with Crippen molar-refractivity contribution in [1.82, 2.24) is 25.2 Å². The average molecular weight is 488 g/mol. The molecule has 8 nitrogen and oxygen atoms in total. The second-order valence-electron chi connectivity index (χ2n) is 10.3. The molecule has 6 rings (SSSR count). The van der Waals surface area contributed by atoms with Crippen molar-refractivity contribution >= 4 is 39.0 Å². The molecule has 2 aromatic carbocycles. The van der Waals surface area contributed by atoms with Crippen molar-refractivity contribution in [3.05, 3.63) is 54.7 Å². The number of nitrogens with one attached hydrogen (secondary N) is 2. The maximum Gasteiger partial charge on any atom is 0.156 e. The van der Waals surface area contributed by atoms with E-state index >= 15 is 4.39 Å². The highest BCUT2D eigenvalue weighted by Gasteiger charge is 2.47. The van der Waals surface area contributed by atoms with Crippen LogP contribution in [-0.4, -0.2) is 72.8 Å². The molecule has 186 valence electrons. The summed E-state index contributed by atoms with van der Waals surface area (Å²) in [7, 11) is 4.04. The number of rotatable bonds is 7. The third-order valence-electron chi connectivity index (χ3n) is 7.03. The third-order valence-corrected chi connectivity index (χ3v) is 7.03. The fraction of sp³-hybridized carbons (Fsp3) is 0.370. The summed E-state index contributed by atoms with van der Waals surface area (Å²) in [6.07, 6.45) is 3.10. The Balaban J connectivity index is 1.40. The molecule has 2 fully saturated rings. The van der Waals surface area contributed by atoms with Crippen LogP contribution in [0.4, 0.5) is 21.6 Å². The zero-order valence-electron chi connectivity index (χ0n) is 20.8. The molecule has 0 bridgehead atoms. The summed E-state index contributed by atoms with van der Waals surface area (Å²) in [5.41, 5.74) is 3.17. The fourth-order valence-corrected chi connectivity index (χ4v) is 5.27. The van der Waals surface area contributed by atoms with Gasteiger partial charge in [-0.1, -0.05) is 0 Å². The SMILES string of the molecule is C[C@H](CN(C)C)Oc1cc(N2CC3(CNC3)C2)cc2ncnc(Nc3ccc4ncccc4c3F)c12. The van der Waals surface area contributed by atoms with Crippen LogP contribution in [0.3, 0.4) is 0 Å². The first-order valence-corrected chi connectivity index (χ1v) is 12.3. The van der Waals surface area contributed by atoms with Gasteiger partial charge in [0.25, 0.3) is 0 Å². The Hall–Kier alpha value is -3.56. The topological polar surface area (TPSA) is 78.4 Å². The number of halogens is 1. The Kier molecular flexibility index (Phi) is 5.61. The first-order chi connectivity index (χ1) is 17.4. The lowest BCUT2D eigenvalue weighted by Crippen LogP contribution is -2.71. The fourth-order valence-electron chi connectivity index (χ4n) is 5.27. The molecule has 2 aromatic heterocycles. The summed E-state index contributed by atoms with van der Waals surface area (Å²) in [5, 5.41) is 7.78. The van der Waals surface area contributed by atoms with E-state index in [1.165, 1.54) is 6.33 Å². The molecule has 9 heteroatoms. The largest absolute Gasteiger partial charge is 0.488 e. The van der Waals surface area contributed by atoms with Gasteiger partial charge in [0, 0.05) is 61.5 Å². The van der Waals surface area contributed by atoms with Crippen molar-refractivity contribution in [3.63, 3.8) is 0 Å². The van der Waals surface area contributed by atoms with Crippen molar-refractivity contribution in [3.8, 4) is 5.75 Å². The third kappa shape index (κ3) is 4.08. The van der Waals surface area contributed by atoms with E-state index in [0.717, 1.165) is 49.3 Å². The summed E-state index contributed by atoms with van der Waals surface area (Å²) in [4.78, 5) is 17.8. The van der Waals surface area contributed by atoms with E-state index in [-0.39, 0.29) is 11.9 Å². The van der Waals surface area contributed by atoms with E-state index in [1.54, 1.807) is 30.5 Å². The number of pyridine rings is 1. The van der Waals surface area contributed by atoms with Crippen LogP contribution in [0, 0.1) is 11.2 Å². The minimum atomic E-state index is -0.368. The number of aromatic nitrogens is 3. The van der Waals surface area contributed by atoms with E-state index in [9.17, 15) is 0 Å². The molecule has 0 saturated carbocycles. The van der Waals surface area contributed by atoms with Gasteiger partial charge < -0.3 is 25.2 Å². The van der Waals surface area contributed by atoms with Crippen LogP contribution in [0.25, 0.3) is 21.8 Å². The standard InChI is InChI=1S/C27H30FN7O/c1-17(11-34(2)3)36-23-10-18(35-14-27(15-35)12-29-13-27)9-22-24(23)26(32-16-31-22)33-21-7-6-20-19(25(21)28)5-4-8-30-20/h4-10,16-17,29H,11-15H2,1-3H3,(H,31,32,33)/t17-/m1/s1. The van der Waals surface area contributed by atoms with Gasteiger partial charge in [0.05, 0.1) is 22.1 Å². The van der Waals surface area contributed by atoms with Gasteiger partial charge >= 0.3 is 0 Å². The lowest BCUT2D eigenvalue weighted by atomic mass is 9.74. The van der Waals surface area contributed by atoms with E-state index in [4.69, 9.17) is 4.74 Å². The Morgan fingerprint density at radius 3 is 2.72 bits per heavy atom. The summed E-state index contributed by atoms with van der Waals surface area (Å²) in [6.45, 7) is 6.99. The summed E-state index contributed by atoms with van der Waals surface area (Å²) >= 11 is 0. The van der Waals surface area contributed by atoms with Crippen LogP contribution in [0.15, 0.2) is 48.9 Å². The van der Waals surface area contributed by atoms with Crippen molar-refractivity contribution in [2.24, 2.45) is 5.41 Å². The van der Waals surface area contributed by atoms with Crippen LogP contribution in [-0.2, 0) is 0 Å². The molecule has 4 heterocycles. The number of nitrogens with zero attached hydrogens (tertiary/aromatic N) is 5. The molecule has 2 saturated heterocycles. The molecule has 1 atom stereocenters. The smallest absolute Gasteiger partial charge is 0.156 e. The summed E-state index contributed by atoms with van der Waals surface area (Å²) in [6, 6.07) is 11.1. The monoisotopic (exact) mass is 487 g/mol. The minimum Gasteiger partial charge on any atom is -0.488 e. The number of fused-ring (bicyclic) bond motifs is 2. The predicted octanol–water partition coefficient (Wildman–Crippen LogP) is 3.80. The van der Waals surface area contributed by atoms with Gasteiger partial charge in [0.2, 0.25) is 0 Å². The van der Waals surface area contributed by atoms with Crippen molar-refractivity contribution in [2.75, 3.05) is 57.0 Å². The Bertz CT molecular complexity index is 1430. The van der Waals surface area contributed by atoms with Gasteiger partial charge in [0.15, 0.2) is 5.82 Å². The highest BCUT2D eigenvalue weighted by molar-refractivity contribution is 5.98. The second kappa shape index (κ2) is 8.83. The highest BCUT2D eigenvalue weighted by Crippen LogP contribution is 2.42. The van der Waals surface area contributed by atoms with Crippen LogP contribution in [0.2, 0.25) is 0 Å². The molecule has 36 heavy (non-hydrogen) atoms. The van der Waals surface area contributed by atoms with Crippen molar-refractivity contribution < 1.29 is 9.13 Å².